The number of carbonyl (C=O) groups excluding carboxylic acids is 1. The van der Waals surface area contributed by atoms with Gasteiger partial charge >= 0.3 is 0 Å². The number of anilines is 1. The van der Waals surface area contributed by atoms with Crippen LogP contribution in [0.5, 0.6) is 0 Å². The average molecular weight is 341 g/mol. The molecule has 2 aromatic rings. The van der Waals surface area contributed by atoms with Gasteiger partial charge in [0.2, 0.25) is 5.95 Å². The van der Waals surface area contributed by atoms with Gasteiger partial charge in [0.25, 0.3) is 5.91 Å². The molecule has 0 aromatic carbocycles. The van der Waals surface area contributed by atoms with Gasteiger partial charge in [-0.1, -0.05) is 13.3 Å². The lowest BCUT2D eigenvalue weighted by Gasteiger charge is -2.20. The highest BCUT2D eigenvalue weighted by atomic mass is 16.2. The summed E-state index contributed by atoms with van der Waals surface area (Å²) in [6, 6.07) is 5.76. The molecule has 6 nitrogen and oxygen atoms in total. The molecule has 0 N–H and O–H groups in total. The highest BCUT2D eigenvalue weighted by molar-refractivity contribution is 5.92. The molecule has 0 radical (unpaired) electrons. The molecule has 2 heterocycles. The number of carbonyl (C=O) groups is 1. The van der Waals surface area contributed by atoms with Gasteiger partial charge in [-0.2, -0.15) is 0 Å². The van der Waals surface area contributed by atoms with Gasteiger partial charge in [-0.05, 0) is 43.5 Å². The summed E-state index contributed by atoms with van der Waals surface area (Å²) in [5.74, 6) is 0.532. The average Bonchev–Trinajstić information content (AvgIpc) is 2.63. The van der Waals surface area contributed by atoms with Crippen LogP contribution in [0.1, 0.15) is 41.5 Å². The van der Waals surface area contributed by atoms with Crippen molar-refractivity contribution in [1.29, 1.82) is 0 Å². The highest BCUT2D eigenvalue weighted by Gasteiger charge is 2.16. The zero-order valence-electron chi connectivity index (χ0n) is 15.6. The van der Waals surface area contributed by atoms with Gasteiger partial charge in [0.1, 0.15) is 5.69 Å². The minimum atomic E-state index is -0.0530. The molecule has 134 valence electrons. The Morgan fingerprint density at radius 2 is 1.84 bits per heavy atom. The van der Waals surface area contributed by atoms with Crippen molar-refractivity contribution in [3.63, 3.8) is 0 Å². The number of likely N-dealkylation sites (N-methyl/N-ethyl adjacent to an activating group) is 1. The first-order chi connectivity index (χ1) is 12.0. The summed E-state index contributed by atoms with van der Waals surface area (Å²) in [6.07, 6.45) is 6.51. The number of aryl methyl sites for hydroxylation is 1. The van der Waals surface area contributed by atoms with E-state index < -0.39 is 0 Å². The molecule has 6 heteroatoms. The number of nitrogens with zero attached hydrogens (tertiary/aromatic N) is 5. The number of unbranched alkanes of at least 4 members (excludes halogenated alkanes) is 1. The van der Waals surface area contributed by atoms with E-state index in [-0.39, 0.29) is 5.91 Å². The fraction of sp³-hybridized carbons (Fsp3) is 0.474. The highest BCUT2D eigenvalue weighted by Crippen LogP contribution is 2.12. The summed E-state index contributed by atoms with van der Waals surface area (Å²) in [4.78, 5) is 29.3. The van der Waals surface area contributed by atoms with Crippen LogP contribution in [0.2, 0.25) is 0 Å². The molecule has 25 heavy (non-hydrogen) atoms. The molecule has 0 spiro atoms. The molecule has 1 amide bonds. The van der Waals surface area contributed by atoms with Crippen molar-refractivity contribution in [1.82, 2.24) is 19.9 Å². The Morgan fingerprint density at radius 1 is 1.12 bits per heavy atom. The molecule has 2 aromatic heterocycles. The van der Waals surface area contributed by atoms with Crippen molar-refractivity contribution in [2.45, 2.75) is 33.1 Å². The lowest BCUT2D eigenvalue weighted by molar-refractivity contribution is 0.0787. The van der Waals surface area contributed by atoms with Crippen LogP contribution in [0.3, 0.4) is 0 Å². The monoisotopic (exact) mass is 341 g/mol. The van der Waals surface area contributed by atoms with Crippen LogP contribution in [0, 0.1) is 6.92 Å². The van der Waals surface area contributed by atoms with E-state index in [9.17, 15) is 4.79 Å². The molecule has 0 fully saturated rings. The molecule has 0 aliphatic rings. The molecule has 0 saturated heterocycles. The van der Waals surface area contributed by atoms with Gasteiger partial charge in [0.15, 0.2) is 0 Å². The number of hydrogen-bond donors (Lipinski definition) is 0. The van der Waals surface area contributed by atoms with Crippen LogP contribution < -0.4 is 4.90 Å². The smallest absolute Gasteiger partial charge is 0.272 e. The number of aromatic nitrogens is 3. The second-order valence-electron chi connectivity index (χ2n) is 6.30. The maximum absolute atomic E-state index is 12.6. The molecule has 0 aliphatic carbocycles. The minimum absolute atomic E-state index is 0.0530. The van der Waals surface area contributed by atoms with Crippen LogP contribution in [-0.2, 0) is 6.42 Å². The van der Waals surface area contributed by atoms with E-state index in [0.717, 1.165) is 38.0 Å². The van der Waals surface area contributed by atoms with E-state index in [0.29, 0.717) is 11.6 Å². The summed E-state index contributed by atoms with van der Waals surface area (Å²) in [5.41, 5.74) is 2.47. The van der Waals surface area contributed by atoms with E-state index in [1.807, 2.05) is 38.1 Å². The lowest BCUT2D eigenvalue weighted by Crippen LogP contribution is -2.30. The predicted octanol–water partition coefficient (Wildman–Crippen LogP) is 2.73. The van der Waals surface area contributed by atoms with Crippen molar-refractivity contribution in [2.24, 2.45) is 0 Å². The normalized spacial score (nSPS) is 10.6. The molecular formula is C19H27N5O. The van der Waals surface area contributed by atoms with Crippen LogP contribution >= 0.6 is 0 Å². The molecule has 0 unspecified atom stereocenters. The van der Waals surface area contributed by atoms with Gasteiger partial charge < -0.3 is 9.80 Å². The third kappa shape index (κ3) is 5.52. The number of hydrogen-bond acceptors (Lipinski definition) is 5. The Balaban J connectivity index is 2.08. The summed E-state index contributed by atoms with van der Waals surface area (Å²) >= 11 is 0. The maximum atomic E-state index is 12.6. The fourth-order valence-electron chi connectivity index (χ4n) is 2.47. The van der Waals surface area contributed by atoms with Gasteiger partial charge in [-0.25, -0.2) is 9.97 Å². The second kappa shape index (κ2) is 9.11. The molecule has 0 aliphatic heterocycles. The van der Waals surface area contributed by atoms with Crippen LogP contribution in [0.4, 0.5) is 5.95 Å². The van der Waals surface area contributed by atoms with E-state index in [1.165, 1.54) is 5.56 Å². The molecule has 0 bridgehead atoms. The van der Waals surface area contributed by atoms with E-state index >= 15 is 0 Å². The number of pyridine rings is 1. The van der Waals surface area contributed by atoms with E-state index in [1.54, 1.807) is 23.4 Å². The Labute approximate surface area is 149 Å². The Bertz CT molecular complexity index is 689. The Kier molecular flexibility index (Phi) is 6.86. The molecule has 0 saturated carbocycles. The fourth-order valence-corrected chi connectivity index (χ4v) is 2.47. The summed E-state index contributed by atoms with van der Waals surface area (Å²) in [7, 11) is 3.77. The first-order valence-electron chi connectivity index (χ1n) is 8.72. The van der Waals surface area contributed by atoms with Crippen molar-refractivity contribution in [2.75, 3.05) is 32.1 Å². The maximum Gasteiger partial charge on any atom is 0.272 e. The van der Waals surface area contributed by atoms with Gasteiger partial charge in [0, 0.05) is 45.3 Å². The van der Waals surface area contributed by atoms with E-state index in [2.05, 4.69) is 21.9 Å². The Morgan fingerprint density at radius 3 is 2.52 bits per heavy atom. The Hall–Kier alpha value is -2.50. The van der Waals surface area contributed by atoms with E-state index in [4.69, 9.17) is 0 Å². The van der Waals surface area contributed by atoms with Gasteiger partial charge in [-0.15, -0.1) is 0 Å². The first-order valence-corrected chi connectivity index (χ1v) is 8.72. The molecular weight excluding hydrogens is 314 g/mol. The quantitative estimate of drug-likeness (QED) is 0.739. The zero-order chi connectivity index (χ0) is 18.2. The largest absolute Gasteiger partial charge is 0.344 e. The van der Waals surface area contributed by atoms with Crippen molar-refractivity contribution in [3.05, 3.63) is 47.5 Å². The first kappa shape index (κ1) is 18.8. The summed E-state index contributed by atoms with van der Waals surface area (Å²) < 4.78 is 0. The van der Waals surface area contributed by atoms with Crippen LogP contribution in [0.15, 0.2) is 30.6 Å². The lowest BCUT2D eigenvalue weighted by atomic mass is 10.2. The third-order valence-electron chi connectivity index (χ3n) is 4.08. The molecule has 2 rings (SSSR count). The topological polar surface area (TPSA) is 62.2 Å². The van der Waals surface area contributed by atoms with Crippen molar-refractivity contribution < 1.29 is 4.79 Å². The number of amides is 1. The SMILES string of the molecule is CCCCN(C)C(=O)c1cc(C)nc(N(C)CCc2ccncc2)n1. The summed E-state index contributed by atoms with van der Waals surface area (Å²) in [6.45, 7) is 5.52. The third-order valence-corrected chi connectivity index (χ3v) is 4.08. The molecule has 0 atom stereocenters. The van der Waals surface area contributed by atoms with Crippen molar-refractivity contribution in [3.8, 4) is 0 Å². The van der Waals surface area contributed by atoms with Crippen molar-refractivity contribution >= 4 is 11.9 Å². The van der Waals surface area contributed by atoms with Crippen LogP contribution in [-0.4, -0.2) is 52.9 Å². The standard InChI is InChI=1S/C19H27N5O/c1-5-6-12-23(3)18(25)17-14-15(2)21-19(22-17)24(4)13-9-16-7-10-20-11-8-16/h7-8,10-11,14H,5-6,9,12-13H2,1-4H3. The zero-order valence-corrected chi connectivity index (χ0v) is 15.6. The summed E-state index contributed by atoms with van der Waals surface area (Å²) in [5, 5.41) is 0. The van der Waals surface area contributed by atoms with Crippen LogP contribution in [0.25, 0.3) is 0 Å². The van der Waals surface area contributed by atoms with Gasteiger partial charge in [0.05, 0.1) is 0 Å². The number of rotatable bonds is 8. The van der Waals surface area contributed by atoms with Gasteiger partial charge in [-0.3, -0.25) is 9.78 Å². The second-order valence-corrected chi connectivity index (χ2v) is 6.30. The minimum Gasteiger partial charge on any atom is -0.344 e. The predicted molar refractivity (Wildman–Crippen MR) is 99.8 cm³/mol.